The molecule has 0 aromatic rings. The average Bonchev–Trinajstić information content (AvgIpc) is 3.00. The Kier molecular flexibility index (Phi) is 8.31. The number of carbonyl (C=O) groups excluding carboxylic acids is 2. The van der Waals surface area contributed by atoms with Crippen molar-refractivity contribution < 1.29 is 24.2 Å². The van der Waals surface area contributed by atoms with Crippen LogP contribution < -0.4 is 11.1 Å². The summed E-state index contributed by atoms with van der Waals surface area (Å²) in [4.78, 5) is 37.5. The van der Waals surface area contributed by atoms with Gasteiger partial charge >= 0.3 is 11.9 Å². The monoisotopic (exact) mass is 357 g/mol. The van der Waals surface area contributed by atoms with E-state index >= 15 is 0 Å². The Bertz CT molecular complexity index is 483. The van der Waals surface area contributed by atoms with Gasteiger partial charge in [0.15, 0.2) is 0 Å². The second-order valence-corrected chi connectivity index (χ2v) is 6.94. The molecule has 1 rings (SSSR count). The molecule has 4 atom stereocenters. The molecule has 1 saturated heterocycles. The number of nitrogens with two attached hydrogens (primary N) is 1. The summed E-state index contributed by atoms with van der Waals surface area (Å²) in [5, 5.41) is 12.2. The van der Waals surface area contributed by atoms with Crippen LogP contribution in [0.3, 0.4) is 0 Å². The van der Waals surface area contributed by atoms with Crippen LogP contribution in [-0.4, -0.2) is 65.2 Å². The molecular formula is C17H31N3O5. The smallest absolute Gasteiger partial charge is 0.326 e. The molecule has 3 unspecified atom stereocenters. The Morgan fingerprint density at radius 1 is 1.32 bits per heavy atom. The van der Waals surface area contributed by atoms with Crippen LogP contribution in [0.5, 0.6) is 0 Å². The number of rotatable bonds is 9. The first-order chi connectivity index (χ1) is 11.7. The third-order valence-electron chi connectivity index (χ3n) is 4.33. The highest BCUT2D eigenvalue weighted by Crippen LogP contribution is 2.19. The average molecular weight is 357 g/mol. The normalized spacial score (nSPS) is 21.0. The molecule has 0 aromatic carbocycles. The summed E-state index contributed by atoms with van der Waals surface area (Å²) in [6.07, 6.45) is 1.70. The molecule has 0 aromatic heterocycles. The molecule has 1 aliphatic rings. The van der Waals surface area contributed by atoms with Gasteiger partial charge in [-0.2, -0.15) is 0 Å². The number of nitrogens with zero attached hydrogens (tertiary/aromatic N) is 1. The molecule has 4 N–H and O–H groups in total. The third kappa shape index (κ3) is 5.97. The predicted octanol–water partition coefficient (Wildman–Crippen LogP) is 0.345. The quantitative estimate of drug-likeness (QED) is 0.509. The fraction of sp³-hybridized carbons (Fsp3) is 0.824. The van der Waals surface area contributed by atoms with Gasteiger partial charge in [0.25, 0.3) is 0 Å². The highest BCUT2D eigenvalue weighted by molar-refractivity contribution is 5.88. The minimum atomic E-state index is -1.00. The van der Waals surface area contributed by atoms with E-state index in [2.05, 4.69) is 5.32 Å². The zero-order valence-electron chi connectivity index (χ0n) is 15.5. The van der Waals surface area contributed by atoms with Crippen molar-refractivity contribution in [2.24, 2.45) is 11.7 Å². The molecule has 1 aliphatic heterocycles. The second-order valence-electron chi connectivity index (χ2n) is 6.94. The van der Waals surface area contributed by atoms with Crippen LogP contribution in [0.4, 0.5) is 0 Å². The fourth-order valence-corrected chi connectivity index (χ4v) is 3.16. The number of carboxylic acids is 1. The largest absolute Gasteiger partial charge is 0.480 e. The lowest BCUT2D eigenvalue weighted by molar-refractivity contribution is -0.150. The number of hydrogen-bond acceptors (Lipinski definition) is 6. The zero-order valence-corrected chi connectivity index (χ0v) is 15.5. The van der Waals surface area contributed by atoms with E-state index in [-0.39, 0.29) is 18.4 Å². The molecule has 8 nitrogen and oxygen atoms in total. The molecule has 1 heterocycles. The van der Waals surface area contributed by atoms with E-state index < -0.39 is 36.1 Å². The van der Waals surface area contributed by atoms with E-state index in [1.807, 2.05) is 13.8 Å². The first kappa shape index (κ1) is 21.4. The van der Waals surface area contributed by atoms with Crippen LogP contribution in [0.25, 0.3) is 0 Å². The number of likely N-dealkylation sites (tertiary alicyclic amines) is 1. The van der Waals surface area contributed by atoms with E-state index in [1.54, 1.807) is 13.8 Å². The number of carbonyl (C=O) groups is 3. The third-order valence-corrected chi connectivity index (χ3v) is 4.33. The molecule has 0 radical (unpaired) electrons. The Balaban J connectivity index is 2.82. The zero-order chi connectivity index (χ0) is 19.1. The van der Waals surface area contributed by atoms with E-state index in [0.717, 1.165) is 0 Å². The maximum atomic E-state index is 12.6. The summed E-state index contributed by atoms with van der Waals surface area (Å²) >= 11 is 0. The molecule has 0 bridgehead atoms. The standard InChI is InChI=1S/C17H31N3O5/c1-5-25-17(24)14(12(18)9-10(2)3)19-11(4)15(21)20-8-6-7-13(20)16(22)23/h10-14,19H,5-9,18H2,1-4H3,(H,22,23)/t11?,12?,13-,14?/m0/s1. The van der Waals surface area contributed by atoms with Gasteiger partial charge in [-0.15, -0.1) is 0 Å². The van der Waals surface area contributed by atoms with E-state index in [0.29, 0.717) is 25.8 Å². The number of ether oxygens (including phenoxy) is 1. The molecule has 1 fully saturated rings. The number of nitrogens with one attached hydrogen (secondary N) is 1. The summed E-state index contributed by atoms with van der Waals surface area (Å²) in [6, 6.07) is -2.84. The van der Waals surface area contributed by atoms with Gasteiger partial charge in [0.1, 0.15) is 12.1 Å². The van der Waals surface area contributed by atoms with Gasteiger partial charge in [0, 0.05) is 12.6 Å². The predicted molar refractivity (Wildman–Crippen MR) is 92.8 cm³/mol. The molecule has 144 valence electrons. The van der Waals surface area contributed by atoms with Crippen molar-refractivity contribution in [1.29, 1.82) is 0 Å². The van der Waals surface area contributed by atoms with Crippen molar-refractivity contribution in [2.75, 3.05) is 13.2 Å². The Labute approximate surface area is 149 Å². The molecule has 0 saturated carbocycles. The lowest BCUT2D eigenvalue weighted by Gasteiger charge is -2.30. The van der Waals surface area contributed by atoms with Crippen molar-refractivity contribution in [3.8, 4) is 0 Å². The number of amides is 1. The van der Waals surface area contributed by atoms with Crippen molar-refractivity contribution in [3.63, 3.8) is 0 Å². The molecule has 8 heteroatoms. The molecule has 1 amide bonds. The molecule has 0 spiro atoms. The van der Waals surface area contributed by atoms with Crippen LogP contribution in [0.1, 0.15) is 47.0 Å². The second kappa shape index (κ2) is 9.72. The van der Waals surface area contributed by atoms with Crippen molar-refractivity contribution in [2.45, 2.75) is 71.1 Å². The highest BCUT2D eigenvalue weighted by atomic mass is 16.5. The molecule has 25 heavy (non-hydrogen) atoms. The molecule has 0 aliphatic carbocycles. The van der Waals surface area contributed by atoms with Crippen LogP contribution >= 0.6 is 0 Å². The summed E-state index contributed by atoms with van der Waals surface area (Å²) in [5.74, 6) is -1.55. The molecular weight excluding hydrogens is 326 g/mol. The number of aliphatic carboxylic acids is 1. The van der Waals surface area contributed by atoms with Gasteiger partial charge < -0.3 is 20.5 Å². The van der Waals surface area contributed by atoms with Crippen LogP contribution in [0.15, 0.2) is 0 Å². The fourth-order valence-electron chi connectivity index (χ4n) is 3.16. The summed E-state index contributed by atoms with van der Waals surface area (Å²) in [7, 11) is 0. The van der Waals surface area contributed by atoms with Gasteiger partial charge in [0.2, 0.25) is 5.91 Å². The van der Waals surface area contributed by atoms with Gasteiger partial charge in [0.05, 0.1) is 12.6 Å². The van der Waals surface area contributed by atoms with Gasteiger partial charge in [-0.05, 0) is 39.0 Å². The van der Waals surface area contributed by atoms with Gasteiger partial charge in [-0.3, -0.25) is 14.9 Å². The van der Waals surface area contributed by atoms with Crippen molar-refractivity contribution in [1.82, 2.24) is 10.2 Å². The van der Waals surface area contributed by atoms with Crippen molar-refractivity contribution in [3.05, 3.63) is 0 Å². The summed E-state index contributed by atoms with van der Waals surface area (Å²) < 4.78 is 5.07. The summed E-state index contributed by atoms with van der Waals surface area (Å²) in [5.41, 5.74) is 6.15. The minimum absolute atomic E-state index is 0.223. The number of esters is 1. The SMILES string of the molecule is CCOC(=O)C(NC(C)C(=O)N1CCC[C@H]1C(=O)O)C(N)CC(C)C. The number of carboxylic acid groups (broad SMARTS) is 1. The lowest BCUT2D eigenvalue weighted by atomic mass is 9.97. The van der Waals surface area contributed by atoms with Crippen LogP contribution in [-0.2, 0) is 19.1 Å². The first-order valence-corrected chi connectivity index (χ1v) is 8.90. The van der Waals surface area contributed by atoms with E-state index in [4.69, 9.17) is 10.5 Å². The Hall–Kier alpha value is -1.67. The van der Waals surface area contributed by atoms with Crippen molar-refractivity contribution >= 4 is 17.8 Å². The Morgan fingerprint density at radius 3 is 2.48 bits per heavy atom. The van der Waals surface area contributed by atoms with Crippen LogP contribution in [0.2, 0.25) is 0 Å². The highest BCUT2D eigenvalue weighted by Gasteiger charge is 2.38. The van der Waals surface area contributed by atoms with E-state index in [1.165, 1.54) is 4.90 Å². The maximum absolute atomic E-state index is 12.6. The number of hydrogen-bond donors (Lipinski definition) is 3. The first-order valence-electron chi connectivity index (χ1n) is 8.90. The summed E-state index contributed by atoms with van der Waals surface area (Å²) in [6.45, 7) is 7.95. The van der Waals surface area contributed by atoms with E-state index in [9.17, 15) is 19.5 Å². The topological polar surface area (TPSA) is 122 Å². The van der Waals surface area contributed by atoms with Crippen LogP contribution in [0, 0.1) is 5.92 Å². The lowest BCUT2D eigenvalue weighted by Crippen LogP contribution is -2.58. The van der Waals surface area contributed by atoms with Gasteiger partial charge in [-0.1, -0.05) is 13.8 Å². The van der Waals surface area contributed by atoms with Gasteiger partial charge in [-0.25, -0.2) is 4.79 Å². The Morgan fingerprint density at radius 2 is 1.96 bits per heavy atom. The maximum Gasteiger partial charge on any atom is 0.326 e. The minimum Gasteiger partial charge on any atom is -0.480 e.